The van der Waals surface area contributed by atoms with E-state index in [2.05, 4.69) is 30.8 Å². The second kappa shape index (κ2) is 28.5. The summed E-state index contributed by atoms with van der Waals surface area (Å²) in [4.78, 5) is 0. The molecule has 0 aromatic heterocycles. The van der Waals surface area contributed by atoms with Crippen LogP contribution in [0.1, 0.15) is 71.6 Å². The Kier molecular flexibility index (Phi) is 29.7. The molecule has 0 spiro atoms. The minimum Gasteiger partial charge on any atom is -0.507 e. The molecule has 0 amide bonds. The molecule has 49 heavy (non-hydrogen) atoms. The molecule has 1 unspecified atom stereocenters. The van der Waals surface area contributed by atoms with Crippen LogP contribution >= 0.6 is 0 Å². The van der Waals surface area contributed by atoms with Gasteiger partial charge in [-0.25, -0.2) is 8.78 Å². The van der Waals surface area contributed by atoms with E-state index < -0.39 is 0 Å². The van der Waals surface area contributed by atoms with Crippen LogP contribution in [0.15, 0.2) is 78.9 Å². The van der Waals surface area contributed by atoms with Crippen molar-refractivity contribution in [2.75, 3.05) is 25.6 Å². The van der Waals surface area contributed by atoms with Crippen molar-refractivity contribution in [3.8, 4) is 22.3 Å². The summed E-state index contributed by atoms with van der Waals surface area (Å²) in [6, 6.07) is 14.4. The Hall–Kier alpha value is -2.23. The van der Waals surface area contributed by atoms with Crippen LogP contribution in [0.5, 0.6) is 0 Å². The molecule has 0 bridgehead atoms. The van der Waals surface area contributed by atoms with Crippen molar-refractivity contribution in [1.82, 2.24) is 0 Å². The van der Waals surface area contributed by atoms with Gasteiger partial charge in [-0.3, -0.25) is 6.58 Å². The Labute approximate surface area is 340 Å². The molecule has 1 aliphatic rings. The van der Waals surface area contributed by atoms with Crippen molar-refractivity contribution < 1.29 is 70.0 Å². The standard InChI is InChI=1S/C23H23F2N.C7H10N.C6H12O2.C3H5.C2H6.CH3.K/c1-5-17-21(24)12-16(13-22(17)26-4)19-10-7-11-20(23(19)25)18-9-6-8-14(2)15(18)3;1-4-7(5-8)6(2)3;1-5-2-3-8-4-6(5)7;1-3-2;1-2;;/h6-13,26H,5H2,1-4H3;4,8H,2H2,1,3H3;5-7H,2-4H2,1H3;1H2,2H3;1-2H3;1H3;/q;-1;;-1;;-1;+1/b;7-4+;;;;;/t;;5?,6-;;;;/m..0..../s1. The summed E-state index contributed by atoms with van der Waals surface area (Å²) in [7, 11) is 1.75. The number of anilines is 1. The van der Waals surface area contributed by atoms with E-state index in [9.17, 15) is 4.39 Å². The molecular formula is C42H59F2KN2O2-2. The van der Waals surface area contributed by atoms with E-state index in [4.69, 9.17) is 15.3 Å². The molecule has 0 saturated carbocycles. The first-order valence-electron chi connectivity index (χ1n) is 16.2. The summed E-state index contributed by atoms with van der Waals surface area (Å²) in [5.41, 5.74) is 7.48. The monoisotopic (exact) mass is 700 g/mol. The van der Waals surface area contributed by atoms with Crippen LogP contribution < -0.4 is 56.7 Å². The van der Waals surface area contributed by atoms with Crippen molar-refractivity contribution in [2.24, 2.45) is 5.92 Å². The maximum absolute atomic E-state index is 15.4. The minimum atomic E-state index is -0.327. The molecule has 7 heteroatoms. The fourth-order valence-corrected chi connectivity index (χ4v) is 4.64. The molecule has 1 fully saturated rings. The first-order valence-corrected chi connectivity index (χ1v) is 16.2. The van der Waals surface area contributed by atoms with Gasteiger partial charge in [0.1, 0.15) is 11.6 Å². The second-order valence-electron chi connectivity index (χ2n) is 10.9. The Morgan fingerprint density at radius 1 is 1.10 bits per heavy atom. The van der Waals surface area contributed by atoms with Gasteiger partial charge in [-0.15, -0.1) is 0 Å². The van der Waals surface area contributed by atoms with Crippen LogP contribution in [0.3, 0.4) is 0 Å². The van der Waals surface area contributed by atoms with Crippen LogP contribution in [0, 0.1) is 50.3 Å². The van der Waals surface area contributed by atoms with Gasteiger partial charge in [0.25, 0.3) is 0 Å². The van der Waals surface area contributed by atoms with Gasteiger partial charge in [0, 0.05) is 36.0 Å². The third-order valence-corrected chi connectivity index (χ3v) is 7.57. The molecule has 3 aromatic rings. The van der Waals surface area contributed by atoms with Gasteiger partial charge in [-0.1, -0.05) is 84.2 Å². The maximum atomic E-state index is 15.4. The van der Waals surface area contributed by atoms with Gasteiger partial charge in [0.2, 0.25) is 0 Å². The first-order chi connectivity index (χ1) is 22.4. The van der Waals surface area contributed by atoms with Crippen molar-refractivity contribution in [3.05, 3.63) is 121 Å². The van der Waals surface area contributed by atoms with Gasteiger partial charge in [-0.2, -0.15) is 30.7 Å². The summed E-state index contributed by atoms with van der Waals surface area (Å²) >= 11 is 0. The van der Waals surface area contributed by atoms with Gasteiger partial charge < -0.3 is 34.1 Å². The third kappa shape index (κ3) is 16.6. The molecule has 0 radical (unpaired) electrons. The van der Waals surface area contributed by atoms with Crippen molar-refractivity contribution >= 4 is 11.9 Å². The Morgan fingerprint density at radius 2 is 1.65 bits per heavy atom. The molecule has 1 heterocycles. The number of nitrogens with one attached hydrogen (secondary N) is 2. The van der Waals surface area contributed by atoms with E-state index in [-0.39, 0.29) is 76.5 Å². The summed E-state index contributed by atoms with van der Waals surface area (Å²) in [6.45, 7) is 25.7. The molecule has 1 aliphatic heterocycles. The number of benzene rings is 3. The van der Waals surface area contributed by atoms with Gasteiger partial charge >= 0.3 is 51.4 Å². The zero-order valence-corrected chi connectivity index (χ0v) is 35.3. The van der Waals surface area contributed by atoms with Crippen LogP contribution in [0.25, 0.3) is 22.3 Å². The zero-order valence-electron chi connectivity index (χ0n) is 32.2. The Morgan fingerprint density at radius 3 is 2.08 bits per heavy atom. The van der Waals surface area contributed by atoms with Gasteiger partial charge in [-0.05, 0) is 67.0 Å². The molecule has 0 aliphatic carbocycles. The number of aliphatic hydroxyl groups excluding tert-OH is 1. The molecule has 1 saturated heterocycles. The summed E-state index contributed by atoms with van der Waals surface area (Å²) in [5, 5.41) is 18.8. The van der Waals surface area contributed by atoms with E-state index in [1.165, 1.54) is 6.07 Å². The molecule has 4 nitrogen and oxygen atoms in total. The van der Waals surface area contributed by atoms with Gasteiger partial charge in [0.05, 0.1) is 12.7 Å². The third-order valence-electron chi connectivity index (χ3n) is 7.57. The molecule has 2 atom stereocenters. The average molecular weight is 701 g/mol. The summed E-state index contributed by atoms with van der Waals surface area (Å²) in [5.74, 6) is -0.207. The molecule has 266 valence electrons. The Bertz CT molecular complexity index is 1440. The number of aliphatic hydroxyl groups is 1. The molecule has 3 aromatic carbocycles. The van der Waals surface area contributed by atoms with Crippen LogP contribution in [-0.4, -0.2) is 37.7 Å². The second-order valence-corrected chi connectivity index (χ2v) is 10.9. The normalized spacial score (nSPS) is 14.4. The number of halogens is 2. The van der Waals surface area contributed by atoms with E-state index >= 15 is 4.39 Å². The fraction of sp³-hybridized carbons (Fsp3) is 0.381. The Balaban J connectivity index is -0.000000758. The van der Waals surface area contributed by atoms with Crippen molar-refractivity contribution in [1.29, 1.82) is 5.41 Å². The van der Waals surface area contributed by atoms with E-state index in [0.29, 0.717) is 46.9 Å². The van der Waals surface area contributed by atoms with Crippen molar-refractivity contribution in [3.63, 3.8) is 0 Å². The number of aryl methyl sites for hydroxylation is 1. The number of hydrogen-bond acceptors (Lipinski definition) is 4. The number of rotatable bonds is 6. The predicted molar refractivity (Wildman–Crippen MR) is 205 cm³/mol. The number of allylic oxidation sites excluding steroid dienone is 4. The zero-order chi connectivity index (χ0) is 36.1. The molecule has 3 N–H and O–H groups in total. The maximum Gasteiger partial charge on any atom is 1.00 e. The topological polar surface area (TPSA) is 65.3 Å². The quantitative estimate of drug-likeness (QED) is 0.105. The van der Waals surface area contributed by atoms with Crippen LogP contribution in [-0.2, 0) is 11.2 Å². The molecule has 4 rings (SSSR count). The van der Waals surface area contributed by atoms with Crippen molar-refractivity contribution in [2.45, 2.75) is 81.3 Å². The number of hydrogen-bond donors (Lipinski definition) is 3. The van der Waals surface area contributed by atoms with Crippen LogP contribution in [0.4, 0.5) is 14.5 Å². The largest absolute Gasteiger partial charge is 1.00 e. The fourth-order valence-electron chi connectivity index (χ4n) is 4.64. The number of ether oxygens (including phenoxy) is 1. The SMILES string of the molecule is C=C(C)/C([C-]=N)=C/C.C=[C-]C.CC.CC1CCOC[C@@H]1O.CCc1c(F)cc(-c2cccc(-c3cccc(C)c3C)c2F)cc1NC.[CH3-].[K+]. The van der Waals surface area contributed by atoms with E-state index in [0.717, 1.165) is 40.9 Å². The predicted octanol–water partition coefficient (Wildman–Crippen LogP) is 8.43. The molecular weight excluding hydrogens is 642 g/mol. The summed E-state index contributed by atoms with van der Waals surface area (Å²) < 4.78 is 34.9. The van der Waals surface area contributed by atoms with Crippen LogP contribution in [0.2, 0.25) is 0 Å². The van der Waals surface area contributed by atoms with E-state index in [1.54, 1.807) is 26.1 Å². The average Bonchev–Trinajstić information content (AvgIpc) is 3.06. The smallest absolute Gasteiger partial charge is 0.507 e. The minimum absolute atomic E-state index is 0. The summed E-state index contributed by atoms with van der Waals surface area (Å²) in [6.07, 6.45) is 7.94. The van der Waals surface area contributed by atoms with E-state index in [1.807, 2.05) is 91.8 Å². The van der Waals surface area contributed by atoms with Gasteiger partial charge in [0.15, 0.2) is 0 Å². The first kappa shape index (κ1) is 51.1.